The van der Waals surface area contributed by atoms with Gasteiger partial charge in [0.15, 0.2) is 0 Å². The SMILES string of the molecule is CCCCNC(=O)c1cc(C)nc(Nc2ccc(OC)cc2)n1. The van der Waals surface area contributed by atoms with Gasteiger partial charge in [-0.05, 0) is 43.7 Å². The Kier molecular flexibility index (Phi) is 5.91. The van der Waals surface area contributed by atoms with Crippen LogP contribution in [0.15, 0.2) is 30.3 Å². The van der Waals surface area contributed by atoms with E-state index in [-0.39, 0.29) is 5.91 Å². The summed E-state index contributed by atoms with van der Waals surface area (Å²) in [6, 6.07) is 9.10. The van der Waals surface area contributed by atoms with Crippen LogP contribution in [0.25, 0.3) is 0 Å². The maximum atomic E-state index is 12.1. The number of rotatable bonds is 7. The summed E-state index contributed by atoms with van der Waals surface area (Å²) < 4.78 is 5.12. The molecular weight excluding hydrogens is 292 g/mol. The fraction of sp³-hybridized carbons (Fsp3) is 0.353. The summed E-state index contributed by atoms with van der Waals surface area (Å²) in [6.07, 6.45) is 1.99. The largest absolute Gasteiger partial charge is 0.497 e. The van der Waals surface area contributed by atoms with Crippen LogP contribution in [0.1, 0.15) is 35.9 Å². The summed E-state index contributed by atoms with van der Waals surface area (Å²) in [5.41, 5.74) is 1.93. The number of methoxy groups -OCH3 is 1. The molecule has 0 aliphatic rings. The van der Waals surface area contributed by atoms with Crippen molar-refractivity contribution in [1.82, 2.24) is 15.3 Å². The van der Waals surface area contributed by atoms with Crippen molar-refractivity contribution in [2.45, 2.75) is 26.7 Å². The van der Waals surface area contributed by atoms with Crippen LogP contribution in [-0.2, 0) is 0 Å². The standard InChI is InChI=1S/C17H22N4O2/c1-4-5-10-18-16(22)15-11-12(2)19-17(21-15)20-13-6-8-14(23-3)9-7-13/h6-9,11H,4-5,10H2,1-3H3,(H,18,22)(H,19,20,21). The van der Waals surface area contributed by atoms with Crippen molar-refractivity contribution in [2.24, 2.45) is 0 Å². The third kappa shape index (κ3) is 4.95. The van der Waals surface area contributed by atoms with Gasteiger partial charge in [-0.25, -0.2) is 9.97 Å². The first-order valence-electron chi connectivity index (χ1n) is 7.67. The molecule has 0 spiro atoms. The van der Waals surface area contributed by atoms with E-state index in [1.807, 2.05) is 31.2 Å². The van der Waals surface area contributed by atoms with Gasteiger partial charge < -0.3 is 15.4 Å². The van der Waals surface area contributed by atoms with E-state index in [0.717, 1.165) is 30.0 Å². The average Bonchev–Trinajstić information content (AvgIpc) is 2.55. The quantitative estimate of drug-likeness (QED) is 0.768. The maximum Gasteiger partial charge on any atom is 0.270 e. The van der Waals surface area contributed by atoms with Gasteiger partial charge in [-0.15, -0.1) is 0 Å². The highest BCUT2D eigenvalue weighted by Gasteiger charge is 2.10. The molecule has 23 heavy (non-hydrogen) atoms. The van der Waals surface area contributed by atoms with Gasteiger partial charge in [0, 0.05) is 17.9 Å². The minimum Gasteiger partial charge on any atom is -0.497 e. The Morgan fingerprint density at radius 2 is 1.96 bits per heavy atom. The molecule has 0 aliphatic carbocycles. The normalized spacial score (nSPS) is 10.2. The molecule has 0 saturated heterocycles. The number of aromatic nitrogens is 2. The Morgan fingerprint density at radius 1 is 1.22 bits per heavy atom. The van der Waals surface area contributed by atoms with Gasteiger partial charge in [0.2, 0.25) is 5.95 Å². The zero-order valence-electron chi connectivity index (χ0n) is 13.7. The van der Waals surface area contributed by atoms with Crippen LogP contribution < -0.4 is 15.4 Å². The highest BCUT2D eigenvalue weighted by atomic mass is 16.5. The molecule has 1 heterocycles. The van der Waals surface area contributed by atoms with E-state index in [1.165, 1.54) is 0 Å². The average molecular weight is 314 g/mol. The monoisotopic (exact) mass is 314 g/mol. The number of nitrogens with one attached hydrogen (secondary N) is 2. The van der Waals surface area contributed by atoms with Crippen molar-refractivity contribution < 1.29 is 9.53 Å². The molecule has 0 aliphatic heterocycles. The number of hydrogen-bond acceptors (Lipinski definition) is 5. The number of anilines is 2. The second-order valence-corrected chi connectivity index (χ2v) is 5.18. The van der Waals surface area contributed by atoms with Crippen LogP contribution in [0.2, 0.25) is 0 Å². The number of benzene rings is 1. The van der Waals surface area contributed by atoms with Crippen LogP contribution in [-0.4, -0.2) is 29.5 Å². The molecule has 0 saturated carbocycles. The molecule has 0 radical (unpaired) electrons. The number of amides is 1. The Morgan fingerprint density at radius 3 is 2.61 bits per heavy atom. The fourth-order valence-corrected chi connectivity index (χ4v) is 2.01. The number of carbonyl (C=O) groups is 1. The van der Waals surface area contributed by atoms with Crippen molar-refractivity contribution in [3.8, 4) is 5.75 Å². The first-order valence-corrected chi connectivity index (χ1v) is 7.67. The van der Waals surface area contributed by atoms with Gasteiger partial charge in [-0.3, -0.25) is 4.79 Å². The van der Waals surface area contributed by atoms with Gasteiger partial charge in [-0.2, -0.15) is 0 Å². The number of aryl methyl sites for hydroxylation is 1. The molecule has 6 heteroatoms. The Balaban J connectivity index is 2.11. The van der Waals surface area contributed by atoms with E-state index in [4.69, 9.17) is 4.74 Å². The molecule has 1 aromatic heterocycles. The van der Waals surface area contributed by atoms with Gasteiger partial charge in [-0.1, -0.05) is 13.3 Å². The Hall–Kier alpha value is -2.63. The molecule has 0 fully saturated rings. The minimum atomic E-state index is -0.179. The topological polar surface area (TPSA) is 76.1 Å². The van der Waals surface area contributed by atoms with Gasteiger partial charge in [0.05, 0.1) is 7.11 Å². The molecule has 2 aromatic rings. The predicted molar refractivity (Wildman–Crippen MR) is 90.3 cm³/mol. The lowest BCUT2D eigenvalue weighted by Crippen LogP contribution is -2.25. The summed E-state index contributed by atoms with van der Waals surface area (Å²) in [5.74, 6) is 0.995. The molecule has 0 atom stereocenters. The zero-order chi connectivity index (χ0) is 16.7. The van der Waals surface area contributed by atoms with Crippen LogP contribution >= 0.6 is 0 Å². The lowest BCUT2D eigenvalue weighted by Gasteiger charge is -2.09. The zero-order valence-corrected chi connectivity index (χ0v) is 13.7. The maximum absolute atomic E-state index is 12.1. The fourth-order valence-electron chi connectivity index (χ4n) is 2.01. The molecular formula is C17H22N4O2. The highest BCUT2D eigenvalue weighted by Crippen LogP contribution is 2.18. The lowest BCUT2D eigenvalue weighted by atomic mass is 10.3. The van der Waals surface area contributed by atoms with E-state index in [2.05, 4.69) is 27.5 Å². The van der Waals surface area contributed by atoms with Crippen molar-refractivity contribution in [2.75, 3.05) is 19.0 Å². The third-order valence-electron chi connectivity index (χ3n) is 3.25. The summed E-state index contributed by atoms with van der Waals surface area (Å²) in [6.45, 7) is 4.57. The van der Waals surface area contributed by atoms with Crippen LogP contribution in [0.5, 0.6) is 5.75 Å². The Labute approximate surface area is 136 Å². The van der Waals surface area contributed by atoms with E-state index < -0.39 is 0 Å². The first-order chi connectivity index (χ1) is 11.1. The number of unbranched alkanes of at least 4 members (excludes halogenated alkanes) is 1. The summed E-state index contributed by atoms with van der Waals surface area (Å²) in [7, 11) is 1.62. The van der Waals surface area contributed by atoms with Gasteiger partial charge in [0.25, 0.3) is 5.91 Å². The predicted octanol–water partition coefficient (Wildman–Crippen LogP) is 3.07. The second-order valence-electron chi connectivity index (χ2n) is 5.18. The molecule has 122 valence electrons. The van der Waals surface area contributed by atoms with Crippen LogP contribution in [0, 0.1) is 6.92 Å². The summed E-state index contributed by atoms with van der Waals surface area (Å²) in [5, 5.41) is 5.96. The highest BCUT2D eigenvalue weighted by molar-refractivity contribution is 5.92. The van der Waals surface area contributed by atoms with Crippen molar-refractivity contribution >= 4 is 17.5 Å². The number of ether oxygens (including phenoxy) is 1. The van der Waals surface area contributed by atoms with Crippen LogP contribution in [0.4, 0.5) is 11.6 Å². The molecule has 0 bridgehead atoms. The number of hydrogen-bond donors (Lipinski definition) is 2. The second kappa shape index (κ2) is 8.12. The number of nitrogens with zero attached hydrogens (tertiary/aromatic N) is 2. The van der Waals surface area contributed by atoms with Crippen molar-refractivity contribution in [3.63, 3.8) is 0 Å². The third-order valence-corrected chi connectivity index (χ3v) is 3.25. The smallest absolute Gasteiger partial charge is 0.270 e. The molecule has 2 rings (SSSR count). The number of carbonyl (C=O) groups excluding carboxylic acids is 1. The van der Waals surface area contributed by atoms with Crippen molar-refractivity contribution in [1.29, 1.82) is 0 Å². The van der Waals surface area contributed by atoms with Gasteiger partial charge >= 0.3 is 0 Å². The van der Waals surface area contributed by atoms with E-state index >= 15 is 0 Å². The van der Waals surface area contributed by atoms with Gasteiger partial charge in [0.1, 0.15) is 11.4 Å². The first kappa shape index (κ1) is 16.7. The molecule has 0 unspecified atom stereocenters. The molecule has 1 amide bonds. The molecule has 1 aromatic carbocycles. The molecule has 2 N–H and O–H groups in total. The van der Waals surface area contributed by atoms with Crippen LogP contribution in [0.3, 0.4) is 0 Å². The van der Waals surface area contributed by atoms with E-state index in [1.54, 1.807) is 13.2 Å². The Bertz CT molecular complexity index is 656. The molecule has 6 nitrogen and oxygen atoms in total. The summed E-state index contributed by atoms with van der Waals surface area (Å²) >= 11 is 0. The van der Waals surface area contributed by atoms with E-state index in [9.17, 15) is 4.79 Å². The minimum absolute atomic E-state index is 0.179. The van der Waals surface area contributed by atoms with Crippen molar-refractivity contribution in [3.05, 3.63) is 41.7 Å². The lowest BCUT2D eigenvalue weighted by molar-refractivity contribution is 0.0948. The summed E-state index contributed by atoms with van der Waals surface area (Å²) in [4.78, 5) is 20.7. The van der Waals surface area contributed by atoms with E-state index in [0.29, 0.717) is 18.2 Å².